The first-order valence-electron chi connectivity index (χ1n) is 6.79. The van der Waals surface area contributed by atoms with E-state index in [1.165, 1.54) is 6.92 Å². The standard InChI is InChI=1S/C13H19N3O5/c1-7(17)18-5-8-10-11(21-13(2,3)20-10)12(19-8)16-6-15-4-9(16)14/h4,6,8,10-12H,5,14H2,1-3H3/t8-,10-,11-,12-/m1/s1. The zero-order chi connectivity index (χ0) is 15.2. The number of anilines is 1. The smallest absolute Gasteiger partial charge is 0.302 e. The third kappa shape index (κ3) is 2.61. The van der Waals surface area contributed by atoms with Crippen molar-refractivity contribution in [3.05, 3.63) is 12.5 Å². The lowest BCUT2D eigenvalue weighted by Gasteiger charge is -2.24. The van der Waals surface area contributed by atoms with Crippen LogP contribution in [0, 0.1) is 0 Å². The summed E-state index contributed by atoms with van der Waals surface area (Å²) in [6.45, 7) is 5.14. The largest absolute Gasteiger partial charge is 0.463 e. The van der Waals surface area contributed by atoms with Gasteiger partial charge >= 0.3 is 5.97 Å². The highest BCUT2D eigenvalue weighted by Gasteiger charge is 2.56. The maximum Gasteiger partial charge on any atom is 0.302 e. The van der Waals surface area contributed by atoms with E-state index in [2.05, 4.69) is 4.98 Å². The fourth-order valence-electron chi connectivity index (χ4n) is 2.74. The van der Waals surface area contributed by atoms with Gasteiger partial charge in [-0.15, -0.1) is 0 Å². The Morgan fingerprint density at radius 2 is 2.19 bits per heavy atom. The van der Waals surface area contributed by atoms with E-state index in [9.17, 15) is 4.79 Å². The number of nitrogens with zero attached hydrogens (tertiary/aromatic N) is 2. The van der Waals surface area contributed by atoms with Crippen LogP contribution in [0.25, 0.3) is 0 Å². The monoisotopic (exact) mass is 297 g/mol. The molecule has 3 heterocycles. The number of ether oxygens (including phenoxy) is 4. The van der Waals surface area contributed by atoms with Crippen LogP contribution in [-0.2, 0) is 23.7 Å². The van der Waals surface area contributed by atoms with E-state index in [4.69, 9.17) is 24.7 Å². The number of imidazole rings is 1. The molecule has 0 aromatic carbocycles. The Morgan fingerprint density at radius 3 is 2.81 bits per heavy atom. The van der Waals surface area contributed by atoms with Crippen LogP contribution >= 0.6 is 0 Å². The number of fused-ring (bicyclic) bond motifs is 1. The van der Waals surface area contributed by atoms with E-state index >= 15 is 0 Å². The third-order valence-electron chi connectivity index (χ3n) is 3.55. The Bertz CT molecular complexity index is 544. The molecule has 0 radical (unpaired) electrons. The van der Waals surface area contributed by atoms with Gasteiger partial charge in [0.25, 0.3) is 0 Å². The average molecular weight is 297 g/mol. The van der Waals surface area contributed by atoms with Crippen molar-refractivity contribution < 1.29 is 23.7 Å². The van der Waals surface area contributed by atoms with Gasteiger partial charge in [-0.2, -0.15) is 0 Å². The maximum atomic E-state index is 11.0. The fourth-order valence-corrected chi connectivity index (χ4v) is 2.74. The van der Waals surface area contributed by atoms with Crippen molar-refractivity contribution in [3.8, 4) is 0 Å². The first kappa shape index (κ1) is 14.3. The van der Waals surface area contributed by atoms with E-state index in [1.54, 1.807) is 17.1 Å². The second-order valence-corrected chi connectivity index (χ2v) is 5.66. The summed E-state index contributed by atoms with van der Waals surface area (Å²) in [6, 6.07) is 0. The van der Waals surface area contributed by atoms with Gasteiger partial charge in [-0.25, -0.2) is 4.98 Å². The van der Waals surface area contributed by atoms with E-state index in [-0.39, 0.29) is 24.8 Å². The van der Waals surface area contributed by atoms with E-state index in [0.717, 1.165) is 0 Å². The van der Waals surface area contributed by atoms with E-state index in [0.29, 0.717) is 5.82 Å². The number of nitrogen functional groups attached to an aromatic ring is 1. The summed E-state index contributed by atoms with van der Waals surface area (Å²) in [5.74, 6) is -0.611. The lowest BCUT2D eigenvalue weighted by molar-refractivity contribution is -0.202. The van der Waals surface area contributed by atoms with Gasteiger partial charge in [0.2, 0.25) is 0 Å². The number of aromatic nitrogens is 2. The van der Waals surface area contributed by atoms with Gasteiger partial charge in [0.05, 0.1) is 12.5 Å². The summed E-state index contributed by atoms with van der Waals surface area (Å²) < 4.78 is 24.4. The molecule has 8 heteroatoms. The summed E-state index contributed by atoms with van der Waals surface area (Å²) in [7, 11) is 0. The van der Waals surface area contributed by atoms with Crippen molar-refractivity contribution in [1.82, 2.24) is 9.55 Å². The van der Waals surface area contributed by atoms with Gasteiger partial charge in [0.1, 0.15) is 30.7 Å². The first-order valence-corrected chi connectivity index (χ1v) is 6.79. The molecule has 116 valence electrons. The summed E-state index contributed by atoms with van der Waals surface area (Å²) in [5.41, 5.74) is 5.88. The van der Waals surface area contributed by atoms with Crippen LogP contribution in [0.15, 0.2) is 12.5 Å². The average Bonchev–Trinajstić information content (AvgIpc) is 3.00. The molecule has 4 atom stereocenters. The third-order valence-corrected chi connectivity index (χ3v) is 3.55. The maximum absolute atomic E-state index is 11.0. The molecule has 2 fully saturated rings. The molecule has 8 nitrogen and oxygen atoms in total. The Morgan fingerprint density at radius 1 is 1.48 bits per heavy atom. The van der Waals surface area contributed by atoms with Crippen LogP contribution in [0.1, 0.15) is 27.0 Å². The van der Waals surface area contributed by atoms with Crippen molar-refractivity contribution in [1.29, 1.82) is 0 Å². The lowest BCUT2D eigenvalue weighted by Crippen LogP contribution is -2.33. The van der Waals surface area contributed by atoms with Crippen LogP contribution in [0.3, 0.4) is 0 Å². The number of nitrogens with two attached hydrogens (primary N) is 1. The molecule has 0 amide bonds. The normalized spacial score (nSPS) is 33.9. The van der Waals surface area contributed by atoms with Crippen LogP contribution in [0.5, 0.6) is 0 Å². The van der Waals surface area contributed by atoms with Crippen LogP contribution in [0.4, 0.5) is 5.82 Å². The van der Waals surface area contributed by atoms with Gasteiger partial charge in [-0.05, 0) is 13.8 Å². The minimum absolute atomic E-state index is 0.112. The molecule has 2 N–H and O–H groups in total. The number of carbonyl (C=O) groups is 1. The van der Waals surface area contributed by atoms with Crippen LogP contribution in [-0.4, -0.2) is 46.2 Å². The van der Waals surface area contributed by atoms with Crippen molar-refractivity contribution in [3.63, 3.8) is 0 Å². The number of rotatable bonds is 3. The van der Waals surface area contributed by atoms with Crippen LogP contribution in [0.2, 0.25) is 0 Å². The van der Waals surface area contributed by atoms with E-state index in [1.807, 2.05) is 13.8 Å². The minimum Gasteiger partial charge on any atom is -0.463 e. The Kier molecular flexibility index (Phi) is 3.39. The molecule has 2 saturated heterocycles. The molecule has 0 bridgehead atoms. The Labute approximate surface area is 122 Å². The molecule has 0 aliphatic carbocycles. The molecular formula is C13H19N3O5. The molecular weight excluding hydrogens is 278 g/mol. The molecule has 2 aliphatic rings. The lowest BCUT2D eigenvalue weighted by atomic mass is 10.1. The van der Waals surface area contributed by atoms with Crippen molar-refractivity contribution in [2.45, 2.75) is 51.1 Å². The SMILES string of the molecule is CC(=O)OC[C@H]1O[C@@H](n2cncc2N)[C@@H]2OC(C)(C)O[C@@H]21. The molecule has 21 heavy (non-hydrogen) atoms. The quantitative estimate of drug-likeness (QED) is 0.809. The van der Waals surface area contributed by atoms with Crippen molar-refractivity contribution in [2.75, 3.05) is 12.3 Å². The highest BCUT2D eigenvalue weighted by Crippen LogP contribution is 2.43. The number of hydrogen-bond acceptors (Lipinski definition) is 7. The van der Waals surface area contributed by atoms with Crippen LogP contribution < -0.4 is 5.73 Å². The molecule has 0 saturated carbocycles. The Balaban J connectivity index is 1.83. The highest BCUT2D eigenvalue weighted by atomic mass is 16.8. The number of carbonyl (C=O) groups excluding carboxylic acids is 1. The summed E-state index contributed by atoms with van der Waals surface area (Å²) in [5, 5.41) is 0. The number of esters is 1. The summed E-state index contributed by atoms with van der Waals surface area (Å²) in [4.78, 5) is 15.0. The molecule has 0 unspecified atom stereocenters. The van der Waals surface area contributed by atoms with Crippen molar-refractivity contribution >= 4 is 11.8 Å². The second kappa shape index (κ2) is 4.97. The predicted molar refractivity (Wildman–Crippen MR) is 71.0 cm³/mol. The van der Waals surface area contributed by atoms with Gasteiger partial charge in [-0.1, -0.05) is 0 Å². The zero-order valence-corrected chi connectivity index (χ0v) is 12.2. The molecule has 1 aromatic heterocycles. The highest BCUT2D eigenvalue weighted by molar-refractivity contribution is 5.65. The Hall–Kier alpha value is -1.64. The molecule has 1 aromatic rings. The molecule has 0 spiro atoms. The first-order chi connectivity index (χ1) is 9.87. The molecule has 2 aliphatic heterocycles. The molecule has 3 rings (SSSR count). The second-order valence-electron chi connectivity index (χ2n) is 5.66. The van der Waals surface area contributed by atoms with Gasteiger partial charge in [0, 0.05) is 6.92 Å². The zero-order valence-electron chi connectivity index (χ0n) is 12.2. The fraction of sp³-hybridized carbons (Fsp3) is 0.692. The summed E-state index contributed by atoms with van der Waals surface area (Å²) >= 11 is 0. The van der Waals surface area contributed by atoms with E-state index < -0.39 is 18.1 Å². The predicted octanol–water partition coefficient (Wildman–Crippen LogP) is 0.446. The number of hydrogen-bond donors (Lipinski definition) is 1. The minimum atomic E-state index is -0.721. The van der Waals surface area contributed by atoms with Crippen molar-refractivity contribution in [2.24, 2.45) is 0 Å². The topological polar surface area (TPSA) is 97.8 Å². The van der Waals surface area contributed by atoms with Gasteiger partial charge < -0.3 is 24.7 Å². The summed E-state index contributed by atoms with van der Waals surface area (Å²) in [6.07, 6.45) is 1.59. The van der Waals surface area contributed by atoms with Gasteiger partial charge in [-0.3, -0.25) is 9.36 Å². The van der Waals surface area contributed by atoms with Gasteiger partial charge in [0.15, 0.2) is 12.0 Å².